The summed E-state index contributed by atoms with van der Waals surface area (Å²) in [5.74, 6) is 5.23. The van der Waals surface area contributed by atoms with Crippen LogP contribution in [0.4, 0.5) is 4.39 Å². The third kappa shape index (κ3) is 2.20. The lowest BCUT2D eigenvalue weighted by molar-refractivity contribution is 0.170. The summed E-state index contributed by atoms with van der Waals surface area (Å²) in [7, 11) is 0. The van der Waals surface area contributed by atoms with Crippen LogP contribution in [0.25, 0.3) is 0 Å². The van der Waals surface area contributed by atoms with E-state index in [1.165, 1.54) is 0 Å². The van der Waals surface area contributed by atoms with Crippen molar-refractivity contribution in [2.45, 2.75) is 38.4 Å². The monoisotopic (exact) mass is 155 g/mol. The first-order chi connectivity index (χ1) is 5.16. The van der Waals surface area contributed by atoms with Gasteiger partial charge in [-0.25, -0.2) is 4.39 Å². The first-order valence-electron chi connectivity index (χ1n) is 4.02. The quantitative estimate of drug-likeness (QED) is 0.523. The van der Waals surface area contributed by atoms with E-state index in [1.54, 1.807) is 6.92 Å². The van der Waals surface area contributed by atoms with Gasteiger partial charge in [0, 0.05) is 12.6 Å². The van der Waals surface area contributed by atoms with Crippen molar-refractivity contribution in [1.29, 1.82) is 0 Å². The van der Waals surface area contributed by atoms with E-state index >= 15 is 0 Å². The van der Waals surface area contributed by atoms with Gasteiger partial charge in [0.15, 0.2) is 5.67 Å². The minimum absolute atomic E-state index is 0.384. The van der Waals surface area contributed by atoms with Crippen LogP contribution in [-0.2, 0) is 0 Å². The molecule has 0 saturated carbocycles. The van der Waals surface area contributed by atoms with E-state index in [4.69, 9.17) is 0 Å². The number of alkyl halides is 1. The Morgan fingerprint density at radius 1 is 1.64 bits per heavy atom. The van der Waals surface area contributed by atoms with Gasteiger partial charge in [-0.1, -0.05) is 5.92 Å². The Hall–Kier alpha value is -0.550. The highest BCUT2D eigenvalue weighted by atomic mass is 19.1. The third-order valence-electron chi connectivity index (χ3n) is 2.05. The molecule has 1 heterocycles. The Kier molecular flexibility index (Phi) is 2.51. The first-order valence-corrected chi connectivity index (χ1v) is 4.02. The fourth-order valence-electron chi connectivity index (χ4n) is 1.30. The minimum atomic E-state index is -1.26. The topological polar surface area (TPSA) is 12.0 Å². The fourth-order valence-corrected chi connectivity index (χ4v) is 1.30. The second-order valence-corrected chi connectivity index (χ2v) is 3.16. The Bertz CT molecular complexity index is 181. The number of halogens is 1. The van der Waals surface area contributed by atoms with Crippen molar-refractivity contribution in [3.05, 3.63) is 0 Å². The van der Waals surface area contributed by atoms with Crippen molar-refractivity contribution in [3.63, 3.8) is 0 Å². The molecule has 1 aliphatic rings. The lowest BCUT2D eigenvalue weighted by atomic mass is 9.93. The maximum absolute atomic E-state index is 13.5. The molecule has 1 nitrogen and oxygen atoms in total. The molecule has 0 bridgehead atoms. The van der Waals surface area contributed by atoms with Gasteiger partial charge in [-0.2, -0.15) is 0 Å². The smallest absolute Gasteiger partial charge is 0.183 e. The predicted octanol–water partition coefficient (Wildman–Crippen LogP) is 1.49. The number of nitrogens with one attached hydrogen (secondary N) is 1. The molecule has 11 heavy (non-hydrogen) atoms. The second-order valence-electron chi connectivity index (χ2n) is 3.16. The van der Waals surface area contributed by atoms with Gasteiger partial charge in [-0.15, -0.1) is 5.92 Å². The van der Waals surface area contributed by atoms with Gasteiger partial charge in [0.05, 0.1) is 0 Å². The number of hydrogen-bond acceptors (Lipinski definition) is 1. The largest absolute Gasteiger partial charge is 0.310 e. The summed E-state index contributed by atoms with van der Waals surface area (Å²) >= 11 is 0. The van der Waals surface area contributed by atoms with E-state index in [0.717, 1.165) is 6.42 Å². The van der Waals surface area contributed by atoms with Gasteiger partial charge >= 0.3 is 0 Å². The van der Waals surface area contributed by atoms with E-state index < -0.39 is 5.67 Å². The Morgan fingerprint density at radius 2 is 2.36 bits per heavy atom. The van der Waals surface area contributed by atoms with Crippen molar-refractivity contribution in [1.82, 2.24) is 5.32 Å². The van der Waals surface area contributed by atoms with Crippen molar-refractivity contribution in [2.75, 3.05) is 6.54 Å². The maximum atomic E-state index is 13.5. The maximum Gasteiger partial charge on any atom is 0.183 e. The molecule has 0 aliphatic carbocycles. The van der Waals surface area contributed by atoms with Gasteiger partial charge in [-0.05, 0) is 26.7 Å². The summed E-state index contributed by atoms with van der Waals surface area (Å²) in [6, 6.07) is 0.442. The Balaban J connectivity index is 2.52. The highest BCUT2D eigenvalue weighted by molar-refractivity contribution is 5.15. The molecule has 1 N–H and O–H groups in total. The zero-order chi connectivity index (χ0) is 8.32. The van der Waals surface area contributed by atoms with Crippen molar-refractivity contribution < 1.29 is 4.39 Å². The van der Waals surface area contributed by atoms with Gasteiger partial charge < -0.3 is 5.32 Å². The normalized spacial score (nSPS) is 37.5. The fraction of sp³-hybridized carbons (Fsp3) is 0.778. The molecule has 0 amide bonds. The molecule has 1 rings (SSSR count). The SMILES string of the molecule is CC#CC1(F)CCC(C)NC1. The molecule has 0 aromatic rings. The van der Waals surface area contributed by atoms with Gasteiger partial charge in [0.25, 0.3) is 0 Å². The summed E-state index contributed by atoms with van der Waals surface area (Å²) in [5, 5.41) is 3.08. The minimum Gasteiger partial charge on any atom is -0.310 e. The van der Waals surface area contributed by atoms with E-state index in [9.17, 15) is 4.39 Å². The number of hydrogen-bond donors (Lipinski definition) is 1. The molecule has 0 radical (unpaired) electrons. The molecule has 1 saturated heterocycles. The summed E-state index contributed by atoms with van der Waals surface area (Å²) in [4.78, 5) is 0. The van der Waals surface area contributed by atoms with Crippen molar-refractivity contribution >= 4 is 0 Å². The van der Waals surface area contributed by atoms with Crippen LogP contribution in [0.2, 0.25) is 0 Å². The average Bonchev–Trinajstić information content (AvgIpc) is 1.97. The third-order valence-corrected chi connectivity index (χ3v) is 2.05. The molecule has 62 valence electrons. The average molecular weight is 155 g/mol. The van der Waals surface area contributed by atoms with Crippen LogP contribution in [0.15, 0.2) is 0 Å². The molecule has 2 heteroatoms. The highest BCUT2D eigenvalue weighted by Crippen LogP contribution is 2.22. The van der Waals surface area contributed by atoms with E-state index in [0.29, 0.717) is 19.0 Å². The molecule has 0 aromatic carbocycles. The van der Waals surface area contributed by atoms with E-state index in [-0.39, 0.29) is 0 Å². The van der Waals surface area contributed by atoms with Crippen molar-refractivity contribution in [2.24, 2.45) is 0 Å². The molecular weight excluding hydrogens is 141 g/mol. The highest BCUT2D eigenvalue weighted by Gasteiger charge is 2.31. The molecule has 0 aromatic heterocycles. The zero-order valence-corrected chi connectivity index (χ0v) is 7.08. The Labute approximate surface area is 67.4 Å². The van der Waals surface area contributed by atoms with Crippen LogP contribution in [0.5, 0.6) is 0 Å². The molecule has 1 aliphatic heterocycles. The second kappa shape index (κ2) is 3.23. The van der Waals surface area contributed by atoms with Crippen LogP contribution < -0.4 is 5.32 Å². The van der Waals surface area contributed by atoms with Gasteiger partial charge in [0.2, 0.25) is 0 Å². The van der Waals surface area contributed by atoms with E-state index in [2.05, 4.69) is 24.1 Å². The molecule has 0 spiro atoms. The molecule has 1 fully saturated rings. The van der Waals surface area contributed by atoms with Gasteiger partial charge in [0.1, 0.15) is 0 Å². The van der Waals surface area contributed by atoms with E-state index in [1.807, 2.05) is 0 Å². The van der Waals surface area contributed by atoms with Crippen LogP contribution in [0.1, 0.15) is 26.7 Å². The predicted molar refractivity (Wildman–Crippen MR) is 44.0 cm³/mol. The summed E-state index contributed by atoms with van der Waals surface area (Å²) in [6.07, 6.45) is 1.45. The summed E-state index contributed by atoms with van der Waals surface area (Å²) < 4.78 is 13.5. The lowest BCUT2D eigenvalue weighted by Crippen LogP contribution is -2.45. The molecule has 2 unspecified atom stereocenters. The zero-order valence-electron chi connectivity index (χ0n) is 7.08. The summed E-state index contributed by atoms with van der Waals surface area (Å²) in [5.41, 5.74) is -1.26. The summed E-state index contributed by atoms with van der Waals surface area (Å²) in [6.45, 7) is 4.13. The molecular formula is C9H14FN. The van der Waals surface area contributed by atoms with Crippen LogP contribution in [0, 0.1) is 11.8 Å². The van der Waals surface area contributed by atoms with Gasteiger partial charge in [-0.3, -0.25) is 0 Å². The number of rotatable bonds is 0. The standard InChI is InChI=1S/C9H14FN/c1-3-5-9(10)6-4-8(2)11-7-9/h8,11H,4,6-7H2,1-2H3. The Morgan fingerprint density at radius 3 is 2.82 bits per heavy atom. The number of piperidine rings is 1. The van der Waals surface area contributed by atoms with Crippen LogP contribution in [0.3, 0.4) is 0 Å². The van der Waals surface area contributed by atoms with Crippen LogP contribution in [-0.4, -0.2) is 18.3 Å². The van der Waals surface area contributed by atoms with Crippen molar-refractivity contribution in [3.8, 4) is 11.8 Å². The lowest BCUT2D eigenvalue weighted by Gasteiger charge is -2.29. The van der Waals surface area contributed by atoms with Crippen LogP contribution >= 0.6 is 0 Å². The first kappa shape index (κ1) is 8.55. The molecule has 2 atom stereocenters.